The van der Waals surface area contributed by atoms with Gasteiger partial charge in [0.05, 0.1) is 11.6 Å². The van der Waals surface area contributed by atoms with Crippen LogP contribution in [0, 0.1) is 11.3 Å². The third-order valence-electron chi connectivity index (χ3n) is 4.12. The van der Waals surface area contributed by atoms with Crippen molar-refractivity contribution in [3.63, 3.8) is 0 Å². The standard InChI is InChI=1S/C16H20F3N3O/c1-12-9-21(10-14-4-2-13(8-20)3-5-14)6-7-22(12)11-15(23)16(17,18)19/h2-5,12,15,23H,6-7,9-11H2,1H3/t12-,15+/m0/s1. The quantitative estimate of drug-likeness (QED) is 0.919. The molecule has 7 heteroatoms. The summed E-state index contributed by atoms with van der Waals surface area (Å²) in [4.78, 5) is 3.84. The van der Waals surface area contributed by atoms with Crippen LogP contribution in [0.5, 0.6) is 0 Å². The second kappa shape index (κ2) is 7.30. The summed E-state index contributed by atoms with van der Waals surface area (Å²) in [5.74, 6) is 0. The fourth-order valence-electron chi connectivity index (χ4n) is 2.75. The average Bonchev–Trinajstić information content (AvgIpc) is 2.49. The van der Waals surface area contributed by atoms with Gasteiger partial charge in [-0.25, -0.2) is 0 Å². The molecule has 0 unspecified atom stereocenters. The van der Waals surface area contributed by atoms with Crippen LogP contribution in [0.1, 0.15) is 18.1 Å². The minimum absolute atomic E-state index is 0.0564. The first kappa shape index (κ1) is 17.7. The molecule has 2 atom stereocenters. The van der Waals surface area contributed by atoms with Crippen LogP contribution in [0.2, 0.25) is 0 Å². The Hall–Kier alpha value is -1.62. The fraction of sp³-hybridized carbons (Fsp3) is 0.562. The number of aliphatic hydroxyl groups excluding tert-OH is 1. The molecule has 0 saturated carbocycles. The number of nitrogens with zero attached hydrogens (tertiary/aromatic N) is 3. The summed E-state index contributed by atoms with van der Waals surface area (Å²) in [5.41, 5.74) is 1.67. The number of rotatable bonds is 4. The van der Waals surface area contributed by atoms with Crippen molar-refractivity contribution >= 4 is 0 Å². The lowest BCUT2D eigenvalue weighted by Crippen LogP contribution is -2.54. The highest BCUT2D eigenvalue weighted by atomic mass is 19.4. The predicted molar refractivity (Wildman–Crippen MR) is 79.5 cm³/mol. The van der Waals surface area contributed by atoms with Gasteiger partial charge in [-0.3, -0.25) is 9.80 Å². The molecule has 23 heavy (non-hydrogen) atoms. The zero-order chi connectivity index (χ0) is 17.0. The molecule has 1 aromatic rings. The SMILES string of the molecule is C[C@H]1CN(Cc2ccc(C#N)cc2)CCN1C[C@@H](O)C(F)(F)F. The van der Waals surface area contributed by atoms with Crippen LogP contribution in [0.15, 0.2) is 24.3 Å². The largest absolute Gasteiger partial charge is 0.415 e. The van der Waals surface area contributed by atoms with Crippen LogP contribution in [0.4, 0.5) is 13.2 Å². The van der Waals surface area contributed by atoms with Crippen molar-refractivity contribution in [1.29, 1.82) is 5.26 Å². The van der Waals surface area contributed by atoms with Gasteiger partial charge in [0.15, 0.2) is 6.10 Å². The molecule has 1 heterocycles. The molecule has 0 radical (unpaired) electrons. The monoisotopic (exact) mass is 327 g/mol. The van der Waals surface area contributed by atoms with Crippen molar-refractivity contribution in [1.82, 2.24) is 9.80 Å². The van der Waals surface area contributed by atoms with E-state index in [0.29, 0.717) is 31.7 Å². The van der Waals surface area contributed by atoms with Crippen LogP contribution in [0.3, 0.4) is 0 Å². The Morgan fingerprint density at radius 2 is 1.96 bits per heavy atom. The molecule has 126 valence electrons. The van der Waals surface area contributed by atoms with E-state index < -0.39 is 12.3 Å². The molecule has 1 N–H and O–H groups in total. The number of hydrogen-bond acceptors (Lipinski definition) is 4. The van der Waals surface area contributed by atoms with E-state index in [2.05, 4.69) is 11.0 Å². The average molecular weight is 327 g/mol. The fourth-order valence-corrected chi connectivity index (χ4v) is 2.75. The molecule has 1 aliphatic rings. The summed E-state index contributed by atoms with van der Waals surface area (Å²) in [6, 6.07) is 9.31. The number of halogens is 3. The van der Waals surface area contributed by atoms with Gasteiger partial charge in [-0.05, 0) is 24.6 Å². The van der Waals surface area contributed by atoms with E-state index in [0.717, 1.165) is 5.56 Å². The van der Waals surface area contributed by atoms with E-state index in [1.165, 1.54) is 0 Å². The second-order valence-corrected chi connectivity index (χ2v) is 5.95. The molecule has 0 amide bonds. The molecule has 4 nitrogen and oxygen atoms in total. The highest BCUT2D eigenvalue weighted by Gasteiger charge is 2.40. The second-order valence-electron chi connectivity index (χ2n) is 5.95. The topological polar surface area (TPSA) is 50.5 Å². The van der Waals surface area contributed by atoms with Crippen molar-refractivity contribution < 1.29 is 18.3 Å². The summed E-state index contributed by atoms with van der Waals surface area (Å²) in [6.45, 7) is 3.97. The Balaban J connectivity index is 1.87. The molecule has 0 spiro atoms. The lowest BCUT2D eigenvalue weighted by Gasteiger charge is -2.40. The number of benzene rings is 1. The van der Waals surface area contributed by atoms with Crippen molar-refractivity contribution in [2.24, 2.45) is 0 Å². The van der Waals surface area contributed by atoms with Crippen LogP contribution in [0.25, 0.3) is 0 Å². The number of piperazine rings is 1. The smallest absolute Gasteiger partial charge is 0.382 e. The normalized spacial score (nSPS) is 21.8. The molecule has 1 fully saturated rings. The van der Waals surface area contributed by atoms with Crippen molar-refractivity contribution in [2.75, 3.05) is 26.2 Å². The first-order valence-electron chi connectivity index (χ1n) is 7.50. The third kappa shape index (κ3) is 4.93. The molecule has 2 rings (SSSR count). The summed E-state index contributed by atoms with van der Waals surface area (Å²) < 4.78 is 37.3. The Morgan fingerprint density at radius 1 is 1.30 bits per heavy atom. The molecular formula is C16H20F3N3O. The highest BCUT2D eigenvalue weighted by molar-refractivity contribution is 5.31. The first-order valence-corrected chi connectivity index (χ1v) is 7.50. The van der Waals surface area contributed by atoms with Crippen LogP contribution in [-0.2, 0) is 6.54 Å². The predicted octanol–water partition coefficient (Wildman–Crippen LogP) is 1.99. The Bertz CT molecular complexity index is 553. The summed E-state index contributed by atoms with van der Waals surface area (Å²) >= 11 is 0. The van der Waals surface area contributed by atoms with E-state index in [9.17, 15) is 18.3 Å². The zero-order valence-electron chi connectivity index (χ0n) is 12.9. The number of hydrogen-bond donors (Lipinski definition) is 1. The van der Waals surface area contributed by atoms with E-state index in [4.69, 9.17) is 5.26 Å². The number of β-amino-alcohol motifs (C(OH)–C–C–N with tert-alkyl or cyclic N) is 1. The Kier molecular flexibility index (Phi) is 5.63. The summed E-state index contributed by atoms with van der Waals surface area (Å²) in [7, 11) is 0. The van der Waals surface area contributed by atoms with Gasteiger partial charge in [-0.15, -0.1) is 0 Å². The van der Waals surface area contributed by atoms with E-state index in [1.54, 1.807) is 17.0 Å². The zero-order valence-corrected chi connectivity index (χ0v) is 12.9. The first-order chi connectivity index (χ1) is 10.8. The molecule has 1 saturated heterocycles. The van der Waals surface area contributed by atoms with Gasteiger partial charge in [-0.1, -0.05) is 12.1 Å². The van der Waals surface area contributed by atoms with Gasteiger partial charge in [0.1, 0.15) is 0 Å². The van der Waals surface area contributed by atoms with E-state index in [-0.39, 0.29) is 12.6 Å². The van der Waals surface area contributed by atoms with Crippen LogP contribution < -0.4 is 0 Å². The number of alkyl halides is 3. The van der Waals surface area contributed by atoms with Crippen LogP contribution in [-0.4, -0.2) is 59.4 Å². The summed E-state index contributed by atoms with van der Waals surface area (Å²) in [6.07, 6.45) is -6.87. The molecule has 1 aliphatic heterocycles. The highest BCUT2D eigenvalue weighted by Crippen LogP contribution is 2.22. The lowest BCUT2D eigenvalue weighted by atomic mass is 10.1. The van der Waals surface area contributed by atoms with Gasteiger partial charge >= 0.3 is 6.18 Å². The van der Waals surface area contributed by atoms with Gasteiger partial charge in [0, 0.05) is 38.8 Å². The van der Waals surface area contributed by atoms with E-state index >= 15 is 0 Å². The van der Waals surface area contributed by atoms with Gasteiger partial charge in [0.25, 0.3) is 0 Å². The lowest BCUT2D eigenvalue weighted by molar-refractivity contribution is -0.210. The maximum atomic E-state index is 12.4. The van der Waals surface area contributed by atoms with Gasteiger partial charge in [0.2, 0.25) is 0 Å². The number of aliphatic hydroxyl groups is 1. The van der Waals surface area contributed by atoms with Crippen molar-refractivity contribution in [3.8, 4) is 6.07 Å². The van der Waals surface area contributed by atoms with Gasteiger partial charge < -0.3 is 5.11 Å². The molecule has 0 aromatic heterocycles. The van der Waals surface area contributed by atoms with Crippen molar-refractivity contribution in [3.05, 3.63) is 35.4 Å². The third-order valence-corrected chi connectivity index (χ3v) is 4.12. The maximum Gasteiger partial charge on any atom is 0.415 e. The molecule has 0 aliphatic carbocycles. The minimum Gasteiger partial charge on any atom is -0.382 e. The molecular weight excluding hydrogens is 307 g/mol. The van der Waals surface area contributed by atoms with Crippen LogP contribution >= 0.6 is 0 Å². The minimum atomic E-state index is -4.57. The molecule has 1 aromatic carbocycles. The maximum absolute atomic E-state index is 12.4. The summed E-state index contributed by atoms with van der Waals surface area (Å²) in [5, 5.41) is 18.0. The Labute approximate surface area is 133 Å². The Morgan fingerprint density at radius 3 is 2.48 bits per heavy atom. The van der Waals surface area contributed by atoms with E-state index in [1.807, 2.05) is 19.1 Å². The molecule has 0 bridgehead atoms. The van der Waals surface area contributed by atoms with Gasteiger partial charge in [-0.2, -0.15) is 18.4 Å². The number of nitriles is 1. The van der Waals surface area contributed by atoms with Crippen molar-refractivity contribution in [2.45, 2.75) is 31.8 Å².